The van der Waals surface area contributed by atoms with Crippen molar-refractivity contribution in [2.24, 2.45) is 0 Å². The fraction of sp³-hybridized carbons (Fsp3) is 0.385. The molecule has 0 aliphatic rings. The minimum absolute atomic E-state index is 0.0808. The highest BCUT2D eigenvalue weighted by Gasteiger charge is 2.17. The smallest absolute Gasteiger partial charge is 0.311 e. The summed E-state index contributed by atoms with van der Waals surface area (Å²) in [4.78, 5) is 14.6. The molecule has 1 N–H and O–H groups in total. The Labute approximate surface area is 121 Å². The maximum atomic E-state index is 11.0. The molecule has 8 heteroatoms. The molecule has 0 atom stereocenters. The molecular weight excluding hydrogens is 276 g/mol. The Morgan fingerprint density at radius 3 is 2.86 bits per heavy atom. The van der Waals surface area contributed by atoms with Crippen molar-refractivity contribution < 1.29 is 14.8 Å². The van der Waals surface area contributed by atoms with E-state index in [1.807, 2.05) is 13.8 Å². The monoisotopic (exact) mass is 292 g/mol. The predicted octanol–water partition coefficient (Wildman–Crippen LogP) is 1.84. The third kappa shape index (κ3) is 3.34. The Balaban J connectivity index is 2.20. The van der Waals surface area contributed by atoms with E-state index >= 15 is 0 Å². The van der Waals surface area contributed by atoms with Crippen molar-refractivity contribution in [1.82, 2.24) is 14.8 Å². The minimum atomic E-state index is -0.540. The van der Waals surface area contributed by atoms with Gasteiger partial charge in [-0.1, -0.05) is 6.07 Å². The van der Waals surface area contributed by atoms with Gasteiger partial charge in [0.2, 0.25) is 0 Å². The molecule has 0 aliphatic carbocycles. The first-order chi connectivity index (χ1) is 10.0. The zero-order chi connectivity index (χ0) is 15.4. The molecule has 0 bridgehead atoms. The summed E-state index contributed by atoms with van der Waals surface area (Å²) in [6.07, 6.45) is 1.42. The van der Waals surface area contributed by atoms with Crippen LogP contribution < -0.4 is 4.74 Å². The van der Waals surface area contributed by atoms with Gasteiger partial charge in [0.25, 0.3) is 0 Å². The number of aliphatic hydroxyl groups excluding tert-OH is 1. The van der Waals surface area contributed by atoms with Crippen LogP contribution in [0.1, 0.15) is 31.3 Å². The topological polar surface area (TPSA) is 103 Å². The summed E-state index contributed by atoms with van der Waals surface area (Å²) in [6.45, 7) is 3.73. The van der Waals surface area contributed by atoms with Crippen molar-refractivity contribution in [3.05, 3.63) is 46.0 Å². The van der Waals surface area contributed by atoms with E-state index in [0.717, 1.165) is 0 Å². The average Bonchev–Trinajstić information content (AvgIpc) is 2.93. The highest BCUT2D eigenvalue weighted by atomic mass is 16.6. The van der Waals surface area contributed by atoms with Gasteiger partial charge in [-0.15, -0.1) is 0 Å². The standard InChI is InChI=1S/C13H16N4O4/c1-9(2)16-13(14-8-15-16)7-21-12-4-3-10(6-18)5-11(12)17(19)20/h3-5,8-9,18H,6-7H2,1-2H3. The first-order valence-corrected chi connectivity index (χ1v) is 6.42. The Bertz CT molecular complexity index is 639. The minimum Gasteiger partial charge on any atom is -0.479 e. The summed E-state index contributed by atoms with van der Waals surface area (Å²) in [5.74, 6) is 0.723. The molecule has 0 radical (unpaired) electrons. The van der Waals surface area contributed by atoms with Crippen molar-refractivity contribution in [2.45, 2.75) is 33.1 Å². The van der Waals surface area contributed by atoms with Crippen molar-refractivity contribution >= 4 is 5.69 Å². The molecule has 2 aromatic rings. The van der Waals surface area contributed by atoms with Crippen LogP contribution in [-0.4, -0.2) is 24.8 Å². The quantitative estimate of drug-likeness (QED) is 0.643. The second kappa shape index (κ2) is 6.31. The molecule has 0 saturated heterocycles. The summed E-state index contributed by atoms with van der Waals surface area (Å²) in [6, 6.07) is 4.47. The lowest BCUT2D eigenvalue weighted by Crippen LogP contribution is -2.11. The number of nitro groups is 1. The van der Waals surface area contributed by atoms with E-state index in [1.165, 1.54) is 18.5 Å². The fourth-order valence-corrected chi connectivity index (χ4v) is 1.88. The van der Waals surface area contributed by atoms with Crippen molar-refractivity contribution in [3.63, 3.8) is 0 Å². The number of nitro benzene ring substituents is 1. The molecule has 0 unspecified atom stereocenters. The van der Waals surface area contributed by atoms with Crippen molar-refractivity contribution in [3.8, 4) is 5.75 Å². The van der Waals surface area contributed by atoms with Crippen LogP contribution in [0, 0.1) is 10.1 Å². The molecule has 1 heterocycles. The van der Waals surface area contributed by atoms with Gasteiger partial charge in [-0.25, -0.2) is 9.67 Å². The maximum absolute atomic E-state index is 11.0. The van der Waals surface area contributed by atoms with Gasteiger partial charge < -0.3 is 9.84 Å². The second-order valence-electron chi connectivity index (χ2n) is 4.72. The van der Waals surface area contributed by atoms with Gasteiger partial charge in [0.1, 0.15) is 12.9 Å². The Morgan fingerprint density at radius 2 is 2.24 bits per heavy atom. The first kappa shape index (κ1) is 14.9. The lowest BCUT2D eigenvalue weighted by molar-refractivity contribution is -0.386. The lowest BCUT2D eigenvalue weighted by atomic mass is 10.2. The van der Waals surface area contributed by atoms with E-state index in [4.69, 9.17) is 9.84 Å². The molecule has 112 valence electrons. The van der Waals surface area contributed by atoms with E-state index in [-0.39, 0.29) is 30.7 Å². The van der Waals surface area contributed by atoms with Crippen LogP contribution >= 0.6 is 0 Å². The molecule has 8 nitrogen and oxygen atoms in total. The third-order valence-corrected chi connectivity index (χ3v) is 2.90. The van der Waals surface area contributed by atoms with Gasteiger partial charge in [-0.05, 0) is 25.5 Å². The van der Waals surface area contributed by atoms with Gasteiger partial charge in [0, 0.05) is 12.1 Å². The molecule has 0 amide bonds. The number of hydrogen-bond donors (Lipinski definition) is 1. The number of aliphatic hydroxyl groups is 1. The first-order valence-electron chi connectivity index (χ1n) is 6.42. The molecule has 0 fully saturated rings. The van der Waals surface area contributed by atoms with Crippen LogP contribution in [-0.2, 0) is 13.2 Å². The SMILES string of the molecule is CC(C)n1ncnc1COc1ccc(CO)cc1[N+](=O)[O-]. The molecule has 0 aliphatic heterocycles. The van der Waals surface area contributed by atoms with Gasteiger partial charge in [0.05, 0.1) is 11.5 Å². The van der Waals surface area contributed by atoms with Crippen LogP contribution in [0.5, 0.6) is 5.75 Å². The fourth-order valence-electron chi connectivity index (χ4n) is 1.88. The molecular formula is C13H16N4O4. The summed E-state index contributed by atoms with van der Waals surface area (Å²) in [5, 5.41) is 24.1. The highest BCUT2D eigenvalue weighted by Crippen LogP contribution is 2.28. The highest BCUT2D eigenvalue weighted by molar-refractivity contribution is 5.48. The van der Waals surface area contributed by atoms with E-state index < -0.39 is 4.92 Å². The number of rotatable bonds is 6. The Morgan fingerprint density at radius 1 is 1.48 bits per heavy atom. The van der Waals surface area contributed by atoms with E-state index in [9.17, 15) is 10.1 Å². The van der Waals surface area contributed by atoms with Crippen LogP contribution in [0.4, 0.5) is 5.69 Å². The second-order valence-corrected chi connectivity index (χ2v) is 4.72. The van der Waals surface area contributed by atoms with Crippen LogP contribution in [0.25, 0.3) is 0 Å². The van der Waals surface area contributed by atoms with Crippen LogP contribution in [0.15, 0.2) is 24.5 Å². The summed E-state index contributed by atoms with van der Waals surface area (Å²) in [5.41, 5.74) is 0.275. The molecule has 1 aromatic heterocycles. The van der Waals surface area contributed by atoms with Gasteiger partial charge in [-0.2, -0.15) is 5.10 Å². The van der Waals surface area contributed by atoms with Gasteiger partial charge in [0.15, 0.2) is 11.6 Å². The molecule has 2 rings (SSSR count). The number of benzene rings is 1. The van der Waals surface area contributed by atoms with Gasteiger partial charge >= 0.3 is 5.69 Å². The van der Waals surface area contributed by atoms with Gasteiger partial charge in [-0.3, -0.25) is 10.1 Å². The zero-order valence-corrected chi connectivity index (χ0v) is 11.8. The molecule has 21 heavy (non-hydrogen) atoms. The summed E-state index contributed by atoms with van der Waals surface area (Å²) >= 11 is 0. The largest absolute Gasteiger partial charge is 0.479 e. The molecule has 0 spiro atoms. The Kier molecular flexibility index (Phi) is 4.49. The van der Waals surface area contributed by atoms with Crippen LogP contribution in [0.3, 0.4) is 0 Å². The van der Waals surface area contributed by atoms with E-state index in [2.05, 4.69) is 10.1 Å². The summed E-state index contributed by atoms with van der Waals surface area (Å²) < 4.78 is 7.17. The number of aromatic nitrogens is 3. The van der Waals surface area contributed by atoms with Crippen molar-refractivity contribution in [2.75, 3.05) is 0 Å². The zero-order valence-electron chi connectivity index (χ0n) is 11.8. The van der Waals surface area contributed by atoms with Crippen LogP contribution in [0.2, 0.25) is 0 Å². The predicted molar refractivity (Wildman–Crippen MR) is 73.8 cm³/mol. The normalized spacial score (nSPS) is 10.9. The average molecular weight is 292 g/mol. The molecule has 0 saturated carbocycles. The third-order valence-electron chi connectivity index (χ3n) is 2.90. The van der Waals surface area contributed by atoms with E-state index in [0.29, 0.717) is 11.4 Å². The summed E-state index contributed by atoms with van der Waals surface area (Å²) in [7, 11) is 0. The maximum Gasteiger partial charge on any atom is 0.311 e. The lowest BCUT2D eigenvalue weighted by Gasteiger charge is -2.11. The number of nitrogens with zero attached hydrogens (tertiary/aromatic N) is 4. The molecule has 1 aromatic carbocycles. The number of ether oxygens (including phenoxy) is 1. The van der Waals surface area contributed by atoms with E-state index in [1.54, 1.807) is 10.7 Å². The van der Waals surface area contributed by atoms with Crippen molar-refractivity contribution in [1.29, 1.82) is 0 Å². The number of hydrogen-bond acceptors (Lipinski definition) is 6. The Hall–Kier alpha value is -2.48.